The molecule has 0 aliphatic heterocycles. The summed E-state index contributed by atoms with van der Waals surface area (Å²) in [5.41, 5.74) is 0.660. The Balaban J connectivity index is 0. The molecule has 0 spiro atoms. The van der Waals surface area contributed by atoms with E-state index in [1.165, 1.54) is 25.3 Å². The lowest BCUT2D eigenvalue weighted by molar-refractivity contribution is 0.395. The van der Waals surface area contributed by atoms with E-state index in [0.29, 0.717) is 17.8 Å². The van der Waals surface area contributed by atoms with Crippen LogP contribution in [0.1, 0.15) is 67.2 Å². The highest BCUT2D eigenvalue weighted by molar-refractivity contribution is 5.37. The molecule has 1 atom stereocenters. The molecule has 0 rings (SSSR count). The Bertz CT molecular complexity index is 437. The van der Waals surface area contributed by atoms with Gasteiger partial charge in [0.2, 0.25) is 0 Å². The summed E-state index contributed by atoms with van der Waals surface area (Å²) in [6.45, 7) is 16.4. The normalized spacial score (nSPS) is 14.5. The summed E-state index contributed by atoms with van der Waals surface area (Å²) in [4.78, 5) is 0. The summed E-state index contributed by atoms with van der Waals surface area (Å²) in [6, 6.07) is 0. The Kier molecular flexibility index (Phi) is 16.5. The fourth-order valence-corrected chi connectivity index (χ4v) is 1.73. The first kappa shape index (κ1) is 24.6. The number of hydrogen-bond acceptors (Lipinski definition) is 2. The summed E-state index contributed by atoms with van der Waals surface area (Å²) >= 11 is 0. The van der Waals surface area contributed by atoms with Crippen molar-refractivity contribution in [2.24, 2.45) is 11.8 Å². The topological polar surface area (TPSA) is 40.5 Å². The summed E-state index contributed by atoms with van der Waals surface area (Å²) in [5, 5.41) is 18.6. The second-order valence-electron chi connectivity index (χ2n) is 6.40. The average Bonchev–Trinajstić information content (AvgIpc) is 2.58. The molecule has 0 heterocycles. The first-order valence-corrected chi connectivity index (χ1v) is 9.06. The van der Waals surface area contributed by atoms with Gasteiger partial charge in [-0.15, -0.1) is 0 Å². The molecule has 0 bridgehead atoms. The van der Waals surface area contributed by atoms with Crippen LogP contribution in [0.5, 0.6) is 0 Å². The molecule has 0 amide bonds. The van der Waals surface area contributed by atoms with Crippen LogP contribution in [0.4, 0.5) is 0 Å². The van der Waals surface area contributed by atoms with Crippen LogP contribution >= 0.6 is 0 Å². The van der Waals surface area contributed by atoms with Crippen LogP contribution in [0, 0.1) is 11.8 Å². The van der Waals surface area contributed by atoms with Gasteiger partial charge in [0, 0.05) is 12.0 Å². The molecule has 0 unspecified atom stereocenters. The summed E-state index contributed by atoms with van der Waals surface area (Å²) < 4.78 is 0. The Labute approximate surface area is 150 Å². The van der Waals surface area contributed by atoms with Crippen LogP contribution in [0.15, 0.2) is 60.1 Å². The van der Waals surface area contributed by atoms with Crippen molar-refractivity contribution in [1.29, 1.82) is 0 Å². The van der Waals surface area contributed by atoms with Crippen molar-refractivity contribution in [3.8, 4) is 0 Å². The van der Waals surface area contributed by atoms with Gasteiger partial charge in [0.15, 0.2) is 0 Å². The van der Waals surface area contributed by atoms with E-state index in [2.05, 4.69) is 34.3 Å². The van der Waals surface area contributed by atoms with Crippen LogP contribution in [-0.2, 0) is 0 Å². The fourth-order valence-electron chi connectivity index (χ4n) is 1.73. The largest absolute Gasteiger partial charge is 0.512 e. The predicted octanol–water partition coefficient (Wildman–Crippen LogP) is 7.44. The van der Waals surface area contributed by atoms with E-state index in [1.54, 1.807) is 24.3 Å². The van der Waals surface area contributed by atoms with Crippen LogP contribution in [0.3, 0.4) is 0 Å². The van der Waals surface area contributed by atoms with E-state index in [9.17, 15) is 10.2 Å². The Morgan fingerprint density at radius 3 is 2.08 bits per heavy atom. The zero-order valence-electron chi connectivity index (χ0n) is 16.5. The van der Waals surface area contributed by atoms with Gasteiger partial charge in [0.05, 0.1) is 5.76 Å². The minimum atomic E-state index is 0.119. The average molecular weight is 335 g/mol. The molecule has 0 aromatic heterocycles. The van der Waals surface area contributed by atoms with Gasteiger partial charge in [-0.25, -0.2) is 0 Å². The minimum Gasteiger partial charge on any atom is -0.512 e. The van der Waals surface area contributed by atoms with E-state index in [-0.39, 0.29) is 5.76 Å². The van der Waals surface area contributed by atoms with Gasteiger partial charge in [-0.3, -0.25) is 0 Å². The van der Waals surface area contributed by atoms with Crippen molar-refractivity contribution < 1.29 is 10.2 Å². The van der Waals surface area contributed by atoms with Gasteiger partial charge in [0.25, 0.3) is 0 Å². The third kappa shape index (κ3) is 15.2. The van der Waals surface area contributed by atoms with Gasteiger partial charge in [0.1, 0.15) is 5.76 Å². The molecule has 0 aliphatic carbocycles. The standard InChI is InChI=1S/C13H18O2.C9H20/c1-4-8-11(13(15)6-3)9-7-10-12(14)5-2;1-5-9(4)7-6-8(2)3/h4,6-10,14-15H,3,5H2,1-2H3;8-9H,5-7H2,1-4H3/b8-4-,9-7+,12-10-,13-11-;/t;9-/m.0/s1. The maximum absolute atomic E-state index is 9.45. The van der Waals surface area contributed by atoms with Crippen molar-refractivity contribution in [3.05, 3.63) is 60.1 Å². The lowest BCUT2D eigenvalue weighted by Gasteiger charge is -2.09. The number of rotatable bonds is 9. The van der Waals surface area contributed by atoms with E-state index in [1.807, 2.05) is 19.9 Å². The van der Waals surface area contributed by atoms with E-state index in [0.717, 1.165) is 11.8 Å². The summed E-state index contributed by atoms with van der Waals surface area (Å²) in [5.74, 6) is 2.25. The van der Waals surface area contributed by atoms with Crippen molar-refractivity contribution >= 4 is 0 Å². The molecule has 0 saturated heterocycles. The maximum atomic E-state index is 9.45. The fraction of sp³-hybridized carbons (Fsp3) is 0.545. The van der Waals surface area contributed by atoms with Crippen LogP contribution in [-0.4, -0.2) is 10.2 Å². The summed E-state index contributed by atoms with van der Waals surface area (Å²) in [7, 11) is 0. The molecule has 0 aliphatic rings. The highest BCUT2D eigenvalue weighted by Gasteiger charge is 1.99. The van der Waals surface area contributed by atoms with Gasteiger partial charge >= 0.3 is 0 Å². The van der Waals surface area contributed by atoms with E-state index >= 15 is 0 Å². The molecule has 0 fully saturated rings. The second-order valence-corrected chi connectivity index (χ2v) is 6.40. The van der Waals surface area contributed by atoms with Crippen LogP contribution in [0.2, 0.25) is 0 Å². The number of hydrogen-bond donors (Lipinski definition) is 2. The second kappa shape index (κ2) is 16.2. The van der Waals surface area contributed by atoms with Crippen molar-refractivity contribution in [2.45, 2.75) is 67.2 Å². The van der Waals surface area contributed by atoms with E-state index < -0.39 is 0 Å². The number of aliphatic hydroxyl groups is 2. The molecule has 2 N–H and O–H groups in total. The molecule has 2 nitrogen and oxygen atoms in total. The molecular weight excluding hydrogens is 296 g/mol. The number of aliphatic hydroxyl groups excluding tert-OH is 2. The maximum Gasteiger partial charge on any atom is 0.122 e. The lowest BCUT2D eigenvalue weighted by Crippen LogP contribution is -1.95. The van der Waals surface area contributed by atoms with Gasteiger partial charge in [-0.2, -0.15) is 0 Å². The highest BCUT2D eigenvalue weighted by atomic mass is 16.3. The smallest absolute Gasteiger partial charge is 0.122 e. The molecular formula is C22H38O2. The van der Waals surface area contributed by atoms with Crippen LogP contribution in [0.25, 0.3) is 0 Å². The highest BCUT2D eigenvalue weighted by Crippen LogP contribution is 2.13. The molecule has 138 valence electrons. The van der Waals surface area contributed by atoms with Crippen LogP contribution < -0.4 is 0 Å². The molecule has 0 radical (unpaired) electrons. The first-order valence-electron chi connectivity index (χ1n) is 9.06. The molecule has 0 aromatic rings. The van der Waals surface area contributed by atoms with Crippen molar-refractivity contribution in [2.75, 3.05) is 0 Å². The molecule has 24 heavy (non-hydrogen) atoms. The van der Waals surface area contributed by atoms with Gasteiger partial charge in [-0.1, -0.05) is 84.8 Å². The minimum absolute atomic E-state index is 0.119. The van der Waals surface area contributed by atoms with Gasteiger partial charge in [-0.05, 0) is 30.9 Å². The zero-order chi connectivity index (χ0) is 19.0. The molecule has 0 aromatic carbocycles. The van der Waals surface area contributed by atoms with Crippen molar-refractivity contribution in [3.63, 3.8) is 0 Å². The third-order valence-corrected chi connectivity index (χ3v) is 3.70. The zero-order valence-corrected chi connectivity index (χ0v) is 16.5. The Morgan fingerprint density at radius 1 is 1.04 bits per heavy atom. The number of allylic oxidation sites excluding steroid dienone is 8. The SMILES string of the molecule is C=C/C(O)=C(\C=C/C)/C=C/C=C(\O)CC.CC[C@H](C)CCC(C)C. The first-order chi connectivity index (χ1) is 11.3. The van der Waals surface area contributed by atoms with E-state index in [4.69, 9.17) is 0 Å². The Morgan fingerprint density at radius 2 is 1.67 bits per heavy atom. The lowest BCUT2D eigenvalue weighted by atomic mass is 9.98. The molecule has 0 saturated carbocycles. The predicted molar refractivity (Wildman–Crippen MR) is 108 cm³/mol. The third-order valence-electron chi connectivity index (χ3n) is 3.70. The summed E-state index contributed by atoms with van der Waals surface area (Å²) in [6.07, 6.45) is 14.7. The quantitative estimate of drug-likeness (QED) is 0.340. The monoisotopic (exact) mass is 334 g/mol. The van der Waals surface area contributed by atoms with Gasteiger partial charge < -0.3 is 10.2 Å². The van der Waals surface area contributed by atoms with Crippen molar-refractivity contribution in [1.82, 2.24) is 0 Å². The molecule has 2 heteroatoms. The Hall–Kier alpha value is -1.70.